The normalized spacial score (nSPS) is 14.4. The fourth-order valence-corrected chi connectivity index (χ4v) is 2.41. The zero-order valence-electron chi connectivity index (χ0n) is 11.7. The second-order valence-corrected chi connectivity index (χ2v) is 4.90. The SMILES string of the molecule is Cc1noc(C)c1C(C)NC(C)c1ccc(F)cc1. The number of aryl methyl sites for hydroxylation is 2. The highest BCUT2D eigenvalue weighted by Gasteiger charge is 2.18. The van der Waals surface area contributed by atoms with Gasteiger partial charge < -0.3 is 9.84 Å². The highest BCUT2D eigenvalue weighted by molar-refractivity contribution is 5.26. The van der Waals surface area contributed by atoms with E-state index in [9.17, 15) is 4.39 Å². The molecule has 1 heterocycles. The Morgan fingerprint density at radius 1 is 1.11 bits per heavy atom. The summed E-state index contributed by atoms with van der Waals surface area (Å²) in [5.74, 6) is 0.624. The number of halogens is 1. The van der Waals surface area contributed by atoms with Crippen molar-refractivity contribution in [3.63, 3.8) is 0 Å². The lowest BCUT2D eigenvalue weighted by molar-refractivity contribution is 0.389. The summed E-state index contributed by atoms with van der Waals surface area (Å²) in [6.07, 6.45) is 0. The van der Waals surface area contributed by atoms with E-state index < -0.39 is 0 Å². The lowest BCUT2D eigenvalue weighted by Crippen LogP contribution is -2.23. The summed E-state index contributed by atoms with van der Waals surface area (Å²) in [7, 11) is 0. The molecule has 0 saturated heterocycles. The van der Waals surface area contributed by atoms with Gasteiger partial charge in [0.2, 0.25) is 0 Å². The fraction of sp³-hybridized carbons (Fsp3) is 0.400. The largest absolute Gasteiger partial charge is 0.361 e. The van der Waals surface area contributed by atoms with E-state index in [0.717, 1.165) is 22.6 Å². The molecule has 0 aliphatic rings. The number of nitrogens with zero attached hydrogens (tertiary/aromatic N) is 1. The van der Waals surface area contributed by atoms with E-state index in [1.54, 1.807) is 12.1 Å². The predicted molar refractivity (Wildman–Crippen MR) is 72.3 cm³/mol. The maximum absolute atomic E-state index is 12.9. The van der Waals surface area contributed by atoms with Crippen LogP contribution in [0.15, 0.2) is 28.8 Å². The molecule has 19 heavy (non-hydrogen) atoms. The maximum Gasteiger partial charge on any atom is 0.138 e. The summed E-state index contributed by atoms with van der Waals surface area (Å²) in [6, 6.07) is 6.82. The molecule has 2 aromatic rings. The van der Waals surface area contributed by atoms with Crippen LogP contribution in [0.25, 0.3) is 0 Å². The molecule has 2 unspecified atom stereocenters. The van der Waals surface area contributed by atoms with Crippen LogP contribution in [0.1, 0.15) is 48.5 Å². The smallest absolute Gasteiger partial charge is 0.138 e. The van der Waals surface area contributed by atoms with Crippen molar-refractivity contribution < 1.29 is 8.91 Å². The van der Waals surface area contributed by atoms with Crippen molar-refractivity contribution in [3.8, 4) is 0 Å². The van der Waals surface area contributed by atoms with Crippen LogP contribution in [0.4, 0.5) is 4.39 Å². The summed E-state index contributed by atoms with van der Waals surface area (Å²) < 4.78 is 18.1. The van der Waals surface area contributed by atoms with Crippen LogP contribution in [-0.2, 0) is 0 Å². The molecule has 1 N–H and O–H groups in total. The highest BCUT2D eigenvalue weighted by Crippen LogP contribution is 2.24. The summed E-state index contributed by atoms with van der Waals surface area (Å²) in [6.45, 7) is 7.98. The van der Waals surface area contributed by atoms with Gasteiger partial charge >= 0.3 is 0 Å². The Kier molecular flexibility index (Phi) is 4.00. The molecule has 1 aromatic carbocycles. The predicted octanol–water partition coefficient (Wildman–Crippen LogP) is 3.84. The minimum absolute atomic E-state index is 0.129. The number of aromatic nitrogens is 1. The van der Waals surface area contributed by atoms with Crippen molar-refractivity contribution in [2.45, 2.75) is 39.8 Å². The molecule has 1 aromatic heterocycles. The quantitative estimate of drug-likeness (QED) is 0.909. The summed E-state index contributed by atoms with van der Waals surface area (Å²) in [5.41, 5.74) is 3.05. The Morgan fingerprint density at radius 3 is 2.26 bits per heavy atom. The van der Waals surface area contributed by atoms with Gasteiger partial charge in [0.15, 0.2) is 0 Å². The van der Waals surface area contributed by atoms with Crippen LogP contribution >= 0.6 is 0 Å². The zero-order chi connectivity index (χ0) is 14.0. The third-order valence-corrected chi connectivity index (χ3v) is 3.39. The molecule has 3 nitrogen and oxygen atoms in total. The topological polar surface area (TPSA) is 38.1 Å². The van der Waals surface area contributed by atoms with Gasteiger partial charge in [-0.3, -0.25) is 0 Å². The van der Waals surface area contributed by atoms with Gasteiger partial charge in [0, 0.05) is 17.6 Å². The molecule has 0 amide bonds. The lowest BCUT2D eigenvalue weighted by Gasteiger charge is -2.20. The van der Waals surface area contributed by atoms with Gasteiger partial charge in [-0.25, -0.2) is 4.39 Å². The van der Waals surface area contributed by atoms with Gasteiger partial charge in [-0.2, -0.15) is 0 Å². The van der Waals surface area contributed by atoms with E-state index >= 15 is 0 Å². The molecule has 2 rings (SSSR count). The van der Waals surface area contributed by atoms with E-state index in [1.807, 2.05) is 13.8 Å². The average molecular weight is 262 g/mol. The molecule has 102 valence electrons. The zero-order valence-corrected chi connectivity index (χ0v) is 11.7. The maximum atomic E-state index is 12.9. The van der Waals surface area contributed by atoms with Crippen LogP contribution in [0.3, 0.4) is 0 Å². The molecular formula is C15H19FN2O. The molecule has 2 atom stereocenters. The number of nitrogens with one attached hydrogen (secondary N) is 1. The summed E-state index contributed by atoms with van der Waals surface area (Å²) >= 11 is 0. The fourth-order valence-electron chi connectivity index (χ4n) is 2.41. The Hall–Kier alpha value is -1.68. The van der Waals surface area contributed by atoms with Crippen LogP contribution < -0.4 is 5.32 Å². The first-order valence-electron chi connectivity index (χ1n) is 6.43. The van der Waals surface area contributed by atoms with Gasteiger partial charge in [0.25, 0.3) is 0 Å². The van der Waals surface area contributed by atoms with Crippen LogP contribution in [0.5, 0.6) is 0 Å². The molecule has 0 spiro atoms. The first-order valence-corrected chi connectivity index (χ1v) is 6.43. The van der Waals surface area contributed by atoms with Crippen molar-refractivity contribution in [2.75, 3.05) is 0 Å². The van der Waals surface area contributed by atoms with E-state index in [-0.39, 0.29) is 17.9 Å². The van der Waals surface area contributed by atoms with Gasteiger partial charge in [-0.05, 0) is 45.4 Å². The molecule has 0 aliphatic carbocycles. The standard InChI is InChI=1S/C15H19FN2O/c1-9(13-5-7-14(16)8-6-13)17-10(2)15-11(3)18-19-12(15)4/h5-10,17H,1-4H3. The number of hydrogen-bond acceptors (Lipinski definition) is 3. The van der Waals surface area contributed by atoms with E-state index in [1.165, 1.54) is 12.1 Å². The molecule has 0 radical (unpaired) electrons. The van der Waals surface area contributed by atoms with Crippen molar-refractivity contribution in [3.05, 3.63) is 52.7 Å². The van der Waals surface area contributed by atoms with Crippen LogP contribution in [0.2, 0.25) is 0 Å². The lowest BCUT2D eigenvalue weighted by atomic mass is 10.0. The molecule has 4 heteroatoms. The Bertz CT molecular complexity index is 528. The van der Waals surface area contributed by atoms with Gasteiger partial charge in [-0.15, -0.1) is 0 Å². The van der Waals surface area contributed by atoms with E-state index in [0.29, 0.717) is 0 Å². The minimum Gasteiger partial charge on any atom is -0.361 e. The Balaban J connectivity index is 2.10. The summed E-state index contributed by atoms with van der Waals surface area (Å²) in [4.78, 5) is 0. The van der Waals surface area contributed by atoms with E-state index in [4.69, 9.17) is 4.52 Å². The summed E-state index contributed by atoms with van der Waals surface area (Å²) in [5, 5.41) is 7.44. The minimum atomic E-state index is -0.213. The first kappa shape index (κ1) is 13.7. The van der Waals surface area contributed by atoms with Gasteiger partial charge in [0.1, 0.15) is 11.6 Å². The second-order valence-electron chi connectivity index (χ2n) is 4.90. The van der Waals surface area contributed by atoms with Crippen molar-refractivity contribution in [1.82, 2.24) is 10.5 Å². The van der Waals surface area contributed by atoms with Crippen molar-refractivity contribution in [2.24, 2.45) is 0 Å². The van der Waals surface area contributed by atoms with Gasteiger partial charge in [0.05, 0.1) is 5.69 Å². The van der Waals surface area contributed by atoms with Gasteiger partial charge in [-0.1, -0.05) is 17.3 Å². The van der Waals surface area contributed by atoms with E-state index in [2.05, 4.69) is 24.3 Å². The van der Waals surface area contributed by atoms with Crippen LogP contribution in [-0.4, -0.2) is 5.16 Å². The van der Waals surface area contributed by atoms with Crippen molar-refractivity contribution in [1.29, 1.82) is 0 Å². The third-order valence-electron chi connectivity index (χ3n) is 3.39. The molecule has 0 fully saturated rings. The van der Waals surface area contributed by atoms with Crippen LogP contribution in [0, 0.1) is 19.7 Å². The second kappa shape index (κ2) is 5.53. The van der Waals surface area contributed by atoms with Crippen molar-refractivity contribution >= 4 is 0 Å². The average Bonchev–Trinajstić information content (AvgIpc) is 2.69. The molecule has 0 bridgehead atoms. The number of benzene rings is 1. The molecular weight excluding hydrogens is 243 g/mol. The third kappa shape index (κ3) is 3.01. The highest BCUT2D eigenvalue weighted by atomic mass is 19.1. The number of rotatable bonds is 4. The Labute approximate surface area is 112 Å². The Morgan fingerprint density at radius 2 is 1.74 bits per heavy atom. The first-order chi connectivity index (χ1) is 8.99. The molecule has 0 aliphatic heterocycles. The number of hydrogen-bond donors (Lipinski definition) is 1. The monoisotopic (exact) mass is 262 g/mol. The molecule has 0 saturated carbocycles.